The predicted molar refractivity (Wildman–Crippen MR) is 162 cm³/mol. The molecule has 0 aromatic heterocycles. The minimum Gasteiger partial charge on any atom is -0.309 e. The zero-order valence-corrected chi connectivity index (χ0v) is 22.2. The van der Waals surface area contributed by atoms with Crippen LogP contribution in [0, 0.1) is 0 Å². The SMILES string of the molecule is O=P(c1ccccc1)(c1ccccc1)c1ccc2c(c1)-c1ccccc1C21c2ccccc2-c2ccccc21. The van der Waals surface area contributed by atoms with Crippen LogP contribution in [0.15, 0.2) is 152 Å². The van der Waals surface area contributed by atoms with Gasteiger partial charge in [0.05, 0.1) is 5.41 Å². The third-order valence-electron chi connectivity index (χ3n) is 8.58. The lowest BCUT2D eigenvalue weighted by molar-refractivity contribution is 0.592. The first-order chi connectivity index (χ1) is 19.2. The van der Waals surface area contributed by atoms with Crippen LogP contribution in [-0.2, 0) is 9.98 Å². The highest BCUT2D eigenvalue weighted by Gasteiger charge is 2.51. The summed E-state index contributed by atoms with van der Waals surface area (Å²) in [6.07, 6.45) is 0. The summed E-state index contributed by atoms with van der Waals surface area (Å²) in [5.74, 6) is 0. The topological polar surface area (TPSA) is 17.1 Å². The van der Waals surface area contributed by atoms with Gasteiger partial charge >= 0.3 is 0 Å². The monoisotopic (exact) mass is 516 g/mol. The van der Waals surface area contributed by atoms with Crippen molar-refractivity contribution in [1.29, 1.82) is 0 Å². The van der Waals surface area contributed by atoms with E-state index in [-0.39, 0.29) is 5.41 Å². The van der Waals surface area contributed by atoms with Gasteiger partial charge in [-0.2, -0.15) is 0 Å². The summed E-state index contributed by atoms with van der Waals surface area (Å²) in [6.45, 7) is 0. The maximum atomic E-state index is 15.2. The molecule has 1 spiro atoms. The Kier molecular flexibility index (Phi) is 4.78. The molecule has 0 heterocycles. The molecule has 1 nitrogen and oxygen atoms in total. The molecule has 0 saturated heterocycles. The van der Waals surface area contributed by atoms with Crippen molar-refractivity contribution >= 4 is 23.1 Å². The first kappa shape index (κ1) is 22.5. The van der Waals surface area contributed by atoms with E-state index in [0.717, 1.165) is 15.9 Å². The first-order valence-electron chi connectivity index (χ1n) is 13.4. The minimum absolute atomic E-state index is 0.388. The molecule has 39 heavy (non-hydrogen) atoms. The molecule has 0 unspecified atom stereocenters. The molecule has 0 aliphatic heterocycles. The first-order valence-corrected chi connectivity index (χ1v) is 15.1. The van der Waals surface area contributed by atoms with Gasteiger partial charge in [-0.15, -0.1) is 0 Å². The van der Waals surface area contributed by atoms with Crippen molar-refractivity contribution in [3.63, 3.8) is 0 Å². The second kappa shape index (κ2) is 8.27. The van der Waals surface area contributed by atoms with Gasteiger partial charge < -0.3 is 4.57 Å². The Morgan fingerprint density at radius 3 is 1.23 bits per heavy atom. The summed E-state index contributed by atoms with van der Waals surface area (Å²) in [6, 6.07) is 52.9. The van der Waals surface area contributed by atoms with Crippen molar-refractivity contribution in [1.82, 2.24) is 0 Å². The zero-order chi connectivity index (χ0) is 26.0. The van der Waals surface area contributed by atoms with Gasteiger partial charge in [0.2, 0.25) is 0 Å². The summed E-state index contributed by atoms with van der Waals surface area (Å²) in [4.78, 5) is 0. The summed E-state index contributed by atoms with van der Waals surface area (Å²) in [5.41, 5.74) is 9.77. The fourth-order valence-corrected chi connectivity index (χ4v) is 9.68. The Morgan fingerprint density at radius 1 is 0.359 bits per heavy atom. The number of hydrogen-bond acceptors (Lipinski definition) is 1. The largest absolute Gasteiger partial charge is 0.309 e. The van der Waals surface area contributed by atoms with E-state index < -0.39 is 7.14 Å². The van der Waals surface area contributed by atoms with Gasteiger partial charge in [0, 0.05) is 15.9 Å². The van der Waals surface area contributed by atoms with E-state index in [2.05, 4.69) is 91.0 Å². The Morgan fingerprint density at radius 2 is 0.744 bits per heavy atom. The maximum Gasteiger partial charge on any atom is 0.171 e. The molecule has 0 amide bonds. The van der Waals surface area contributed by atoms with Crippen LogP contribution < -0.4 is 15.9 Å². The molecule has 0 radical (unpaired) electrons. The van der Waals surface area contributed by atoms with Gasteiger partial charge in [-0.05, 0) is 50.6 Å². The third-order valence-corrected chi connectivity index (χ3v) is 11.6. The molecule has 0 bridgehead atoms. The average molecular weight is 517 g/mol. The van der Waals surface area contributed by atoms with Gasteiger partial charge in [-0.25, -0.2) is 0 Å². The van der Waals surface area contributed by atoms with Crippen LogP contribution in [0.1, 0.15) is 22.3 Å². The maximum absolute atomic E-state index is 15.2. The lowest BCUT2D eigenvalue weighted by Crippen LogP contribution is -2.27. The summed E-state index contributed by atoms with van der Waals surface area (Å²) in [5, 5.41) is 2.58. The molecule has 0 atom stereocenters. The van der Waals surface area contributed by atoms with Crippen LogP contribution in [0.3, 0.4) is 0 Å². The highest BCUT2D eigenvalue weighted by atomic mass is 31.2. The van der Waals surface area contributed by atoms with Crippen molar-refractivity contribution in [2.75, 3.05) is 0 Å². The lowest BCUT2D eigenvalue weighted by atomic mass is 9.70. The normalized spacial score (nSPS) is 13.9. The molecule has 0 fully saturated rings. The Bertz CT molecular complexity index is 1850. The molecule has 0 saturated carbocycles. The van der Waals surface area contributed by atoms with E-state index in [1.807, 2.05) is 60.7 Å². The van der Waals surface area contributed by atoms with Crippen molar-refractivity contribution in [3.05, 3.63) is 174 Å². The number of fused-ring (bicyclic) bond motifs is 10. The van der Waals surface area contributed by atoms with E-state index in [9.17, 15) is 0 Å². The summed E-state index contributed by atoms with van der Waals surface area (Å²) < 4.78 is 15.2. The van der Waals surface area contributed by atoms with Gasteiger partial charge in [0.25, 0.3) is 0 Å². The summed E-state index contributed by atoms with van der Waals surface area (Å²) in [7, 11) is -3.10. The van der Waals surface area contributed by atoms with E-state index >= 15 is 4.57 Å². The number of rotatable bonds is 3. The molecule has 6 aromatic rings. The van der Waals surface area contributed by atoms with E-state index in [1.165, 1.54) is 44.5 Å². The van der Waals surface area contributed by atoms with Crippen molar-refractivity contribution in [2.24, 2.45) is 0 Å². The van der Waals surface area contributed by atoms with E-state index in [0.29, 0.717) is 0 Å². The van der Waals surface area contributed by atoms with E-state index in [4.69, 9.17) is 0 Å². The van der Waals surface area contributed by atoms with Gasteiger partial charge in [-0.3, -0.25) is 0 Å². The molecule has 184 valence electrons. The van der Waals surface area contributed by atoms with Gasteiger partial charge in [0.1, 0.15) is 0 Å². The number of hydrogen-bond donors (Lipinski definition) is 0. The van der Waals surface area contributed by atoms with Crippen molar-refractivity contribution < 1.29 is 4.57 Å². The van der Waals surface area contributed by atoms with Gasteiger partial charge in [0.15, 0.2) is 7.14 Å². The Labute approximate surface area is 228 Å². The minimum atomic E-state index is -3.10. The summed E-state index contributed by atoms with van der Waals surface area (Å²) >= 11 is 0. The van der Waals surface area contributed by atoms with Crippen LogP contribution in [0.4, 0.5) is 0 Å². The lowest BCUT2D eigenvalue weighted by Gasteiger charge is -2.30. The molecule has 2 heteroatoms. The van der Waals surface area contributed by atoms with Crippen LogP contribution >= 0.6 is 7.14 Å². The predicted octanol–water partition coefficient (Wildman–Crippen LogP) is 7.67. The van der Waals surface area contributed by atoms with Crippen LogP contribution in [0.2, 0.25) is 0 Å². The molecular weight excluding hydrogens is 491 g/mol. The third kappa shape index (κ3) is 2.89. The fraction of sp³-hybridized carbons (Fsp3) is 0.0270. The average Bonchev–Trinajstić information content (AvgIpc) is 3.49. The zero-order valence-electron chi connectivity index (χ0n) is 21.3. The smallest absolute Gasteiger partial charge is 0.171 e. The van der Waals surface area contributed by atoms with Crippen LogP contribution in [0.25, 0.3) is 22.3 Å². The number of benzene rings is 6. The van der Waals surface area contributed by atoms with Crippen LogP contribution in [-0.4, -0.2) is 0 Å². The highest BCUT2D eigenvalue weighted by Crippen LogP contribution is 2.62. The highest BCUT2D eigenvalue weighted by molar-refractivity contribution is 7.85. The molecule has 2 aliphatic rings. The molecule has 2 aliphatic carbocycles. The molecule has 8 rings (SSSR count). The van der Waals surface area contributed by atoms with Gasteiger partial charge in [-0.1, -0.05) is 146 Å². The standard InChI is InChI=1S/C37H25OP/c38-39(26-13-3-1-4-14-26,27-15-5-2-6-16-27)28-23-24-36-32(25-28)31-19-9-12-22-35(31)37(36)33-20-10-7-17-29(33)30-18-8-11-21-34(30)37/h1-25H. The van der Waals surface area contributed by atoms with Crippen molar-refractivity contribution in [2.45, 2.75) is 5.41 Å². The van der Waals surface area contributed by atoms with E-state index in [1.54, 1.807) is 0 Å². The van der Waals surface area contributed by atoms with Crippen molar-refractivity contribution in [3.8, 4) is 22.3 Å². The molecule has 0 N–H and O–H groups in total. The Hall–Kier alpha value is -4.45. The fourth-order valence-electron chi connectivity index (χ4n) is 7.01. The Balaban J connectivity index is 1.45. The van der Waals surface area contributed by atoms with Crippen LogP contribution in [0.5, 0.6) is 0 Å². The second-order valence-electron chi connectivity index (χ2n) is 10.4. The molecular formula is C37H25OP. The quantitative estimate of drug-likeness (QED) is 0.220. The molecule has 6 aromatic carbocycles. The second-order valence-corrected chi connectivity index (χ2v) is 13.2.